The Kier molecular flexibility index (Phi) is 3.01. The van der Waals surface area contributed by atoms with Gasteiger partial charge in [0.15, 0.2) is 5.78 Å². The minimum absolute atomic E-state index is 0.0855. The Morgan fingerprint density at radius 3 is 2.00 bits per heavy atom. The summed E-state index contributed by atoms with van der Waals surface area (Å²) in [6.45, 7) is 2.25. The molecule has 2 bridgehead atoms. The highest BCUT2D eigenvalue weighted by Crippen LogP contribution is 2.54. The first-order valence-corrected chi connectivity index (χ1v) is 7.33. The molecule has 1 aromatic rings. The molecular weight excluding hydrogens is 220 g/mol. The van der Waals surface area contributed by atoms with Crippen molar-refractivity contribution >= 4 is 5.78 Å². The maximum absolute atomic E-state index is 12.9. The highest BCUT2D eigenvalue weighted by atomic mass is 16.1. The lowest BCUT2D eigenvalue weighted by atomic mass is 9.53. The summed E-state index contributed by atoms with van der Waals surface area (Å²) in [5.74, 6) is 1.65. The molecule has 0 heterocycles. The van der Waals surface area contributed by atoms with Crippen molar-refractivity contribution in [1.82, 2.24) is 0 Å². The quantitative estimate of drug-likeness (QED) is 0.699. The highest BCUT2D eigenvalue weighted by Gasteiger charge is 2.50. The normalized spacial score (nSPS) is 35.2. The average molecular weight is 242 g/mol. The van der Waals surface area contributed by atoms with Crippen molar-refractivity contribution in [3.8, 4) is 0 Å². The Hall–Kier alpha value is -1.11. The SMILES string of the molecule is CC1(C(=O)c2ccccc2)C2CCCC1CCC2. The fourth-order valence-corrected chi connectivity index (χ4v) is 4.31. The molecule has 3 rings (SSSR count). The number of fused-ring (bicyclic) bond motifs is 2. The number of ketones is 1. The number of carbonyl (C=O) groups is 1. The van der Waals surface area contributed by atoms with Gasteiger partial charge in [-0.3, -0.25) is 4.79 Å². The van der Waals surface area contributed by atoms with Crippen LogP contribution in [0.1, 0.15) is 55.8 Å². The van der Waals surface area contributed by atoms with Crippen LogP contribution >= 0.6 is 0 Å². The van der Waals surface area contributed by atoms with E-state index in [0.29, 0.717) is 17.6 Å². The lowest BCUT2D eigenvalue weighted by Gasteiger charge is -2.50. The number of Topliss-reactive ketones (excluding diaryl/α,β-unsaturated/α-hetero) is 1. The Morgan fingerprint density at radius 2 is 1.50 bits per heavy atom. The zero-order valence-electron chi connectivity index (χ0n) is 11.2. The summed E-state index contributed by atoms with van der Waals surface area (Å²) in [5, 5.41) is 0. The summed E-state index contributed by atoms with van der Waals surface area (Å²) >= 11 is 0. The van der Waals surface area contributed by atoms with Gasteiger partial charge in [0.05, 0.1) is 0 Å². The third-order valence-corrected chi connectivity index (χ3v) is 5.43. The van der Waals surface area contributed by atoms with Gasteiger partial charge in [-0.1, -0.05) is 50.1 Å². The summed E-state index contributed by atoms with van der Waals surface area (Å²) in [4.78, 5) is 12.9. The molecule has 0 aliphatic heterocycles. The predicted molar refractivity (Wildman–Crippen MR) is 73.6 cm³/mol. The largest absolute Gasteiger partial charge is 0.294 e. The molecule has 0 amide bonds. The van der Waals surface area contributed by atoms with Gasteiger partial charge in [-0.25, -0.2) is 0 Å². The molecule has 2 aliphatic carbocycles. The second-order valence-corrected chi connectivity index (χ2v) is 6.23. The fourth-order valence-electron chi connectivity index (χ4n) is 4.31. The monoisotopic (exact) mass is 242 g/mol. The zero-order chi connectivity index (χ0) is 12.6. The van der Waals surface area contributed by atoms with E-state index in [0.717, 1.165) is 5.56 Å². The number of benzene rings is 1. The fraction of sp³-hybridized carbons (Fsp3) is 0.588. The molecule has 0 unspecified atom stereocenters. The molecule has 18 heavy (non-hydrogen) atoms. The smallest absolute Gasteiger partial charge is 0.169 e. The summed E-state index contributed by atoms with van der Waals surface area (Å²) in [6.07, 6.45) is 7.67. The Balaban J connectivity index is 1.96. The third-order valence-electron chi connectivity index (χ3n) is 5.43. The van der Waals surface area contributed by atoms with Gasteiger partial charge < -0.3 is 0 Å². The topological polar surface area (TPSA) is 17.1 Å². The van der Waals surface area contributed by atoms with E-state index >= 15 is 0 Å². The molecular formula is C17H22O. The van der Waals surface area contributed by atoms with Crippen LogP contribution in [0.5, 0.6) is 0 Å². The number of hydrogen-bond acceptors (Lipinski definition) is 1. The zero-order valence-corrected chi connectivity index (χ0v) is 11.2. The van der Waals surface area contributed by atoms with Crippen molar-refractivity contribution < 1.29 is 4.79 Å². The van der Waals surface area contributed by atoms with Gasteiger partial charge in [0.25, 0.3) is 0 Å². The molecule has 0 aromatic heterocycles. The second-order valence-electron chi connectivity index (χ2n) is 6.23. The van der Waals surface area contributed by atoms with Crippen LogP contribution in [-0.4, -0.2) is 5.78 Å². The molecule has 0 saturated heterocycles. The molecule has 2 aliphatic rings. The van der Waals surface area contributed by atoms with Crippen molar-refractivity contribution in [3.05, 3.63) is 35.9 Å². The number of rotatable bonds is 2. The molecule has 0 radical (unpaired) electrons. The van der Waals surface area contributed by atoms with Crippen LogP contribution in [0, 0.1) is 17.3 Å². The van der Waals surface area contributed by atoms with Crippen molar-refractivity contribution in [2.24, 2.45) is 17.3 Å². The first kappa shape index (κ1) is 12.0. The minimum atomic E-state index is -0.0855. The summed E-state index contributed by atoms with van der Waals surface area (Å²) in [7, 11) is 0. The summed E-state index contributed by atoms with van der Waals surface area (Å²) in [6, 6.07) is 9.92. The van der Waals surface area contributed by atoms with Crippen LogP contribution in [0.2, 0.25) is 0 Å². The van der Waals surface area contributed by atoms with E-state index < -0.39 is 0 Å². The van der Waals surface area contributed by atoms with Gasteiger partial charge in [0, 0.05) is 11.0 Å². The summed E-state index contributed by atoms with van der Waals surface area (Å²) in [5.41, 5.74) is 0.830. The predicted octanol–water partition coefficient (Wildman–Crippen LogP) is 4.48. The van der Waals surface area contributed by atoms with Crippen LogP contribution in [0.4, 0.5) is 0 Å². The van der Waals surface area contributed by atoms with Crippen molar-refractivity contribution in [2.75, 3.05) is 0 Å². The van der Waals surface area contributed by atoms with E-state index in [1.807, 2.05) is 30.3 Å². The average Bonchev–Trinajstić information content (AvgIpc) is 2.38. The third kappa shape index (κ3) is 1.72. The van der Waals surface area contributed by atoms with E-state index in [9.17, 15) is 4.79 Å². The molecule has 0 spiro atoms. The molecule has 0 atom stereocenters. The molecule has 1 heteroatoms. The van der Waals surface area contributed by atoms with Gasteiger partial charge in [-0.15, -0.1) is 0 Å². The van der Waals surface area contributed by atoms with E-state index in [1.54, 1.807) is 0 Å². The Morgan fingerprint density at radius 1 is 1.00 bits per heavy atom. The van der Waals surface area contributed by atoms with Gasteiger partial charge >= 0.3 is 0 Å². The molecule has 2 saturated carbocycles. The van der Waals surface area contributed by atoms with Crippen LogP contribution in [0.15, 0.2) is 30.3 Å². The van der Waals surface area contributed by atoms with Crippen molar-refractivity contribution in [2.45, 2.75) is 45.4 Å². The number of hydrogen-bond donors (Lipinski definition) is 0. The van der Waals surface area contributed by atoms with Gasteiger partial charge in [0.2, 0.25) is 0 Å². The number of carbonyl (C=O) groups excluding carboxylic acids is 1. The molecule has 96 valence electrons. The van der Waals surface area contributed by atoms with Crippen molar-refractivity contribution in [1.29, 1.82) is 0 Å². The van der Waals surface area contributed by atoms with E-state index in [4.69, 9.17) is 0 Å². The lowest BCUT2D eigenvalue weighted by molar-refractivity contribution is 0.00694. The van der Waals surface area contributed by atoms with Gasteiger partial charge in [0.1, 0.15) is 0 Å². The van der Waals surface area contributed by atoms with E-state index in [1.165, 1.54) is 38.5 Å². The first-order chi connectivity index (χ1) is 8.73. The van der Waals surface area contributed by atoms with Crippen molar-refractivity contribution in [3.63, 3.8) is 0 Å². The van der Waals surface area contributed by atoms with E-state index in [-0.39, 0.29) is 5.41 Å². The molecule has 1 nitrogen and oxygen atoms in total. The highest BCUT2D eigenvalue weighted by molar-refractivity contribution is 6.00. The molecule has 0 N–H and O–H groups in total. The molecule has 1 aromatic carbocycles. The molecule has 2 fully saturated rings. The maximum atomic E-state index is 12.9. The first-order valence-electron chi connectivity index (χ1n) is 7.33. The maximum Gasteiger partial charge on any atom is 0.169 e. The van der Waals surface area contributed by atoms with Crippen LogP contribution in [0.3, 0.4) is 0 Å². The van der Waals surface area contributed by atoms with Crippen LogP contribution in [0.25, 0.3) is 0 Å². The summed E-state index contributed by atoms with van der Waals surface area (Å²) < 4.78 is 0. The van der Waals surface area contributed by atoms with E-state index in [2.05, 4.69) is 6.92 Å². The Bertz CT molecular complexity index is 412. The van der Waals surface area contributed by atoms with Gasteiger partial charge in [-0.05, 0) is 37.5 Å². The second kappa shape index (κ2) is 4.53. The lowest BCUT2D eigenvalue weighted by Crippen LogP contribution is -2.47. The Labute approximate surface area is 110 Å². The van der Waals surface area contributed by atoms with Crippen LogP contribution in [-0.2, 0) is 0 Å². The van der Waals surface area contributed by atoms with Gasteiger partial charge in [-0.2, -0.15) is 0 Å². The standard InChI is InChI=1S/C17H22O/c1-17(16(18)13-7-3-2-4-8-13)14-9-5-10-15(17)12-6-11-14/h2-4,7-8,14-15H,5-6,9-12H2,1H3. The van der Waals surface area contributed by atoms with Crippen LogP contribution < -0.4 is 0 Å². The minimum Gasteiger partial charge on any atom is -0.294 e.